The van der Waals surface area contributed by atoms with E-state index in [0.717, 1.165) is 30.7 Å². The van der Waals surface area contributed by atoms with Gasteiger partial charge in [0.15, 0.2) is 18.1 Å². The molecule has 0 spiro atoms. The summed E-state index contributed by atoms with van der Waals surface area (Å²) in [4.78, 5) is 12.2. The fraction of sp³-hybridized carbons (Fsp3) is 0.269. The predicted octanol–water partition coefficient (Wildman–Crippen LogP) is 5.88. The quantitative estimate of drug-likeness (QED) is 0.318. The van der Waals surface area contributed by atoms with Gasteiger partial charge in [0.1, 0.15) is 0 Å². The van der Waals surface area contributed by atoms with Crippen LogP contribution in [0.15, 0.2) is 72.8 Å². The molecule has 2 N–H and O–H groups in total. The van der Waals surface area contributed by atoms with E-state index < -0.39 is 17.6 Å². The molecule has 5 nitrogen and oxygen atoms in total. The first kappa shape index (κ1) is 28.0. The van der Waals surface area contributed by atoms with Crippen LogP contribution in [0.4, 0.5) is 18.9 Å². The summed E-state index contributed by atoms with van der Waals surface area (Å²) in [6, 6.07) is 20.1. The Bertz CT molecular complexity index is 1080. The van der Waals surface area contributed by atoms with Gasteiger partial charge in [0.25, 0.3) is 5.91 Å². The monoisotopic (exact) mass is 508 g/mol. The zero-order valence-electron chi connectivity index (χ0n) is 19.2. The maximum atomic E-state index is 12.8. The van der Waals surface area contributed by atoms with Gasteiger partial charge in [-0.25, -0.2) is 0 Å². The van der Waals surface area contributed by atoms with Crippen molar-refractivity contribution >= 4 is 24.0 Å². The number of carbonyl (C=O) groups excluding carboxylic acids is 1. The summed E-state index contributed by atoms with van der Waals surface area (Å²) in [7, 11) is 0. The van der Waals surface area contributed by atoms with Crippen molar-refractivity contribution in [2.75, 3.05) is 25.1 Å². The number of amides is 1. The van der Waals surface area contributed by atoms with E-state index in [1.165, 1.54) is 17.7 Å². The van der Waals surface area contributed by atoms with E-state index in [-0.39, 0.29) is 24.7 Å². The molecule has 3 aromatic carbocycles. The number of halogens is 4. The van der Waals surface area contributed by atoms with Gasteiger partial charge in [-0.05, 0) is 61.3 Å². The lowest BCUT2D eigenvalue weighted by Gasteiger charge is -2.14. The molecule has 9 heteroatoms. The first-order valence-corrected chi connectivity index (χ1v) is 11.0. The fourth-order valence-corrected chi connectivity index (χ4v) is 3.27. The second-order valence-electron chi connectivity index (χ2n) is 7.54. The van der Waals surface area contributed by atoms with Crippen molar-refractivity contribution in [1.29, 1.82) is 0 Å². The van der Waals surface area contributed by atoms with Crippen LogP contribution in [-0.2, 0) is 23.9 Å². The van der Waals surface area contributed by atoms with Crippen LogP contribution in [0.1, 0.15) is 23.6 Å². The van der Waals surface area contributed by atoms with Crippen LogP contribution < -0.4 is 20.1 Å². The minimum atomic E-state index is -4.48. The van der Waals surface area contributed by atoms with E-state index in [1.807, 2.05) is 37.3 Å². The Morgan fingerprint density at radius 1 is 0.886 bits per heavy atom. The molecule has 0 saturated heterocycles. The van der Waals surface area contributed by atoms with Crippen LogP contribution in [0, 0.1) is 0 Å². The number of carbonyl (C=O) groups is 1. The van der Waals surface area contributed by atoms with Crippen LogP contribution in [-0.4, -0.2) is 25.7 Å². The summed E-state index contributed by atoms with van der Waals surface area (Å²) < 4.78 is 49.8. The van der Waals surface area contributed by atoms with Crippen LogP contribution in [0.2, 0.25) is 0 Å². The molecule has 0 bridgehead atoms. The van der Waals surface area contributed by atoms with Crippen molar-refractivity contribution in [3.8, 4) is 11.5 Å². The summed E-state index contributed by atoms with van der Waals surface area (Å²) in [6.07, 6.45) is -3.57. The Balaban J connectivity index is 0.00000432. The van der Waals surface area contributed by atoms with Gasteiger partial charge in [-0.1, -0.05) is 42.5 Å². The number of hydrogen-bond donors (Lipinski definition) is 2. The number of benzene rings is 3. The van der Waals surface area contributed by atoms with Crippen molar-refractivity contribution in [2.45, 2.75) is 26.1 Å². The van der Waals surface area contributed by atoms with Gasteiger partial charge in [0.05, 0.1) is 12.2 Å². The van der Waals surface area contributed by atoms with Crippen LogP contribution in [0.3, 0.4) is 0 Å². The van der Waals surface area contributed by atoms with Crippen molar-refractivity contribution in [3.63, 3.8) is 0 Å². The molecule has 3 aromatic rings. The summed E-state index contributed by atoms with van der Waals surface area (Å²) in [6.45, 7) is 3.35. The molecular weight excluding hydrogens is 481 g/mol. The first-order valence-electron chi connectivity index (χ1n) is 11.0. The second kappa shape index (κ2) is 13.6. The summed E-state index contributed by atoms with van der Waals surface area (Å²) in [5, 5.41) is 5.81. The first-order chi connectivity index (χ1) is 16.3. The van der Waals surface area contributed by atoms with E-state index in [2.05, 4.69) is 22.8 Å². The number of hydrogen-bond acceptors (Lipinski definition) is 4. The standard InChI is InChI=1S/C26H27F3N2O3.ClH/c1-2-33-24-15-20(17-30-14-13-19-7-4-3-5-8-19)11-12-23(24)34-18-25(32)31-22-10-6-9-21(16-22)26(27,28)29;/h3-12,15-16,30H,2,13-14,17-18H2,1H3,(H,31,32);1H. The summed E-state index contributed by atoms with van der Waals surface area (Å²) >= 11 is 0. The molecule has 35 heavy (non-hydrogen) atoms. The molecule has 0 aliphatic rings. The summed E-state index contributed by atoms with van der Waals surface area (Å²) in [5.41, 5.74) is 1.47. The Labute approximate surface area is 209 Å². The van der Waals surface area contributed by atoms with Crippen molar-refractivity contribution in [1.82, 2.24) is 5.32 Å². The van der Waals surface area contributed by atoms with E-state index >= 15 is 0 Å². The highest BCUT2D eigenvalue weighted by Gasteiger charge is 2.30. The third-order valence-corrected chi connectivity index (χ3v) is 4.90. The molecule has 0 aliphatic carbocycles. The minimum absolute atomic E-state index is 0. The lowest BCUT2D eigenvalue weighted by Crippen LogP contribution is -2.21. The fourth-order valence-electron chi connectivity index (χ4n) is 3.27. The zero-order valence-corrected chi connectivity index (χ0v) is 20.0. The van der Waals surface area contributed by atoms with E-state index in [0.29, 0.717) is 24.7 Å². The number of nitrogens with one attached hydrogen (secondary N) is 2. The molecular formula is C26H28ClF3N2O3. The Morgan fingerprint density at radius 3 is 2.37 bits per heavy atom. The minimum Gasteiger partial charge on any atom is -0.490 e. The molecule has 0 fully saturated rings. The molecule has 0 radical (unpaired) electrons. The van der Waals surface area contributed by atoms with Gasteiger partial charge in [-0.15, -0.1) is 12.4 Å². The topological polar surface area (TPSA) is 59.6 Å². The maximum absolute atomic E-state index is 12.8. The molecule has 0 saturated carbocycles. The number of alkyl halides is 3. The van der Waals surface area contributed by atoms with Gasteiger partial charge in [0, 0.05) is 12.2 Å². The second-order valence-corrected chi connectivity index (χ2v) is 7.54. The van der Waals surface area contributed by atoms with E-state index in [4.69, 9.17) is 9.47 Å². The zero-order chi connectivity index (χ0) is 24.4. The van der Waals surface area contributed by atoms with Gasteiger partial charge < -0.3 is 20.1 Å². The SMILES string of the molecule is CCOc1cc(CNCCc2ccccc2)ccc1OCC(=O)Nc1cccc(C(F)(F)F)c1.Cl. The largest absolute Gasteiger partial charge is 0.490 e. The molecule has 0 aromatic heterocycles. The van der Waals surface area contributed by atoms with Gasteiger partial charge in [0.2, 0.25) is 0 Å². The lowest BCUT2D eigenvalue weighted by atomic mass is 10.1. The molecule has 0 atom stereocenters. The normalized spacial score (nSPS) is 10.9. The molecule has 0 aliphatic heterocycles. The highest BCUT2D eigenvalue weighted by Crippen LogP contribution is 2.31. The summed E-state index contributed by atoms with van der Waals surface area (Å²) in [5.74, 6) is 0.305. The molecule has 1 amide bonds. The number of ether oxygens (including phenoxy) is 2. The smallest absolute Gasteiger partial charge is 0.416 e. The average Bonchev–Trinajstić information content (AvgIpc) is 2.82. The Morgan fingerprint density at radius 2 is 1.66 bits per heavy atom. The highest BCUT2D eigenvalue weighted by atomic mass is 35.5. The Hall–Kier alpha value is -3.23. The van der Waals surface area contributed by atoms with Gasteiger partial charge in [-0.2, -0.15) is 13.2 Å². The van der Waals surface area contributed by atoms with Crippen LogP contribution in [0.5, 0.6) is 11.5 Å². The van der Waals surface area contributed by atoms with E-state index in [9.17, 15) is 18.0 Å². The van der Waals surface area contributed by atoms with Gasteiger partial charge >= 0.3 is 6.18 Å². The van der Waals surface area contributed by atoms with Crippen molar-refractivity contribution in [2.24, 2.45) is 0 Å². The average molecular weight is 509 g/mol. The van der Waals surface area contributed by atoms with Crippen molar-refractivity contribution in [3.05, 3.63) is 89.5 Å². The number of rotatable bonds is 11. The van der Waals surface area contributed by atoms with E-state index in [1.54, 1.807) is 6.07 Å². The molecule has 0 heterocycles. The van der Waals surface area contributed by atoms with Gasteiger partial charge in [-0.3, -0.25) is 4.79 Å². The lowest BCUT2D eigenvalue weighted by molar-refractivity contribution is -0.137. The molecule has 0 unspecified atom stereocenters. The Kier molecular flexibility index (Phi) is 10.9. The molecule has 188 valence electrons. The third kappa shape index (κ3) is 9.15. The van der Waals surface area contributed by atoms with Crippen LogP contribution in [0.25, 0.3) is 0 Å². The number of anilines is 1. The molecule has 3 rings (SSSR count). The van der Waals surface area contributed by atoms with Crippen LogP contribution >= 0.6 is 12.4 Å². The van der Waals surface area contributed by atoms with Crippen molar-refractivity contribution < 1.29 is 27.4 Å². The third-order valence-electron chi connectivity index (χ3n) is 4.90. The maximum Gasteiger partial charge on any atom is 0.416 e. The highest BCUT2D eigenvalue weighted by molar-refractivity contribution is 5.92. The predicted molar refractivity (Wildman–Crippen MR) is 132 cm³/mol.